The van der Waals surface area contributed by atoms with Gasteiger partial charge in [-0.25, -0.2) is 4.98 Å². The first kappa shape index (κ1) is 18.9. The van der Waals surface area contributed by atoms with Crippen molar-refractivity contribution >= 4 is 5.78 Å². The smallest absolute Gasteiger partial charge is 0.422 e. The van der Waals surface area contributed by atoms with Crippen molar-refractivity contribution in [2.24, 2.45) is 0 Å². The third kappa shape index (κ3) is 4.34. The standard InChI is InChI=1S/C20H19F3N2O3/c21-20(22,23)11-27-18-6-5-14(9-25-18)17(26)7-12-1-3-13(4-2-12)19-16-8-15(28-19)10-24-16/h1-6,9,15-16,19,24H,7-8,10-11H2/t15-,16-,19+/m0/s1. The molecular formula is C20H19F3N2O3. The number of benzene rings is 1. The van der Waals surface area contributed by atoms with Gasteiger partial charge in [0.1, 0.15) is 0 Å². The van der Waals surface area contributed by atoms with Crippen LogP contribution in [0.3, 0.4) is 0 Å². The summed E-state index contributed by atoms with van der Waals surface area (Å²) >= 11 is 0. The molecule has 1 N–H and O–H groups in total. The topological polar surface area (TPSA) is 60.5 Å². The van der Waals surface area contributed by atoms with Gasteiger partial charge < -0.3 is 14.8 Å². The molecule has 2 aromatic rings. The number of aromatic nitrogens is 1. The lowest BCUT2D eigenvalue weighted by atomic mass is 9.99. The van der Waals surface area contributed by atoms with Crippen LogP contribution in [0.1, 0.15) is 34.0 Å². The van der Waals surface area contributed by atoms with Gasteiger partial charge in [0.25, 0.3) is 0 Å². The lowest BCUT2D eigenvalue weighted by molar-refractivity contribution is -0.154. The molecule has 0 unspecified atom stereocenters. The molecule has 2 bridgehead atoms. The Labute approximate surface area is 159 Å². The van der Waals surface area contributed by atoms with Gasteiger partial charge in [0.15, 0.2) is 12.4 Å². The number of carbonyl (C=O) groups is 1. The SMILES string of the molecule is O=C(Cc1ccc([C@H]2O[C@@H]3CN[C@H]2C3)cc1)c1ccc(OCC(F)(F)F)nc1. The molecule has 28 heavy (non-hydrogen) atoms. The van der Waals surface area contributed by atoms with E-state index in [0.717, 1.165) is 24.1 Å². The number of ether oxygens (including phenoxy) is 2. The fourth-order valence-electron chi connectivity index (χ4n) is 3.58. The Kier molecular flexibility index (Phi) is 5.07. The zero-order chi connectivity index (χ0) is 19.7. The number of carbonyl (C=O) groups excluding carboxylic acids is 1. The van der Waals surface area contributed by atoms with Gasteiger partial charge in [-0.2, -0.15) is 13.2 Å². The Morgan fingerprint density at radius 2 is 2.00 bits per heavy atom. The van der Waals surface area contributed by atoms with E-state index in [0.29, 0.717) is 11.6 Å². The maximum atomic E-state index is 12.4. The molecule has 2 aliphatic rings. The molecule has 5 nitrogen and oxygen atoms in total. The van der Waals surface area contributed by atoms with Crippen LogP contribution in [0.15, 0.2) is 42.6 Å². The van der Waals surface area contributed by atoms with Crippen molar-refractivity contribution in [2.45, 2.75) is 37.3 Å². The second kappa shape index (κ2) is 7.52. The summed E-state index contributed by atoms with van der Waals surface area (Å²) in [6, 6.07) is 10.8. The van der Waals surface area contributed by atoms with Crippen LogP contribution in [-0.4, -0.2) is 42.2 Å². The van der Waals surface area contributed by atoms with Gasteiger partial charge >= 0.3 is 6.18 Å². The fraction of sp³-hybridized carbons (Fsp3) is 0.400. The largest absolute Gasteiger partial charge is 0.468 e. The summed E-state index contributed by atoms with van der Waals surface area (Å²) in [6.07, 6.45) is -1.65. The van der Waals surface area contributed by atoms with Crippen LogP contribution in [0.2, 0.25) is 0 Å². The van der Waals surface area contributed by atoms with Crippen LogP contribution < -0.4 is 10.1 Å². The van der Waals surface area contributed by atoms with Crippen LogP contribution in [0.4, 0.5) is 13.2 Å². The normalized spacial score (nSPS) is 23.8. The predicted molar refractivity (Wildman–Crippen MR) is 94.3 cm³/mol. The molecule has 1 aromatic heterocycles. The highest BCUT2D eigenvalue weighted by molar-refractivity contribution is 5.97. The van der Waals surface area contributed by atoms with E-state index in [1.54, 1.807) is 0 Å². The van der Waals surface area contributed by atoms with E-state index < -0.39 is 12.8 Å². The lowest BCUT2D eigenvalue weighted by Gasteiger charge is -2.23. The number of Topliss-reactive ketones (excluding diaryl/α,β-unsaturated/α-hetero) is 1. The van der Waals surface area contributed by atoms with Crippen molar-refractivity contribution in [3.8, 4) is 5.88 Å². The summed E-state index contributed by atoms with van der Waals surface area (Å²) in [5, 5.41) is 3.44. The predicted octanol–water partition coefficient (Wildman–Crippen LogP) is 3.25. The summed E-state index contributed by atoms with van der Waals surface area (Å²) in [6.45, 7) is -0.511. The molecule has 4 rings (SSSR count). The highest BCUT2D eigenvalue weighted by Crippen LogP contribution is 2.36. The van der Waals surface area contributed by atoms with Crippen molar-refractivity contribution in [3.63, 3.8) is 0 Å². The molecule has 2 saturated heterocycles. The molecule has 8 heteroatoms. The Morgan fingerprint density at radius 1 is 1.21 bits per heavy atom. The van der Waals surface area contributed by atoms with Gasteiger partial charge in [0.2, 0.25) is 5.88 Å². The maximum Gasteiger partial charge on any atom is 0.422 e. The Hall–Kier alpha value is -2.45. The first-order valence-corrected chi connectivity index (χ1v) is 9.04. The van der Waals surface area contributed by atoms with Crippen LogP contribution in [0.5, 0.6) is 5.88 Å². The number of hydrogen-bond donors (Lipinski definition) is 1. The Balaban J connectivity index is 1.34. The summed E-state index contributed by atoms with van der Waals surface area (Å²) < 4.78 is 46.9. The minimum absolute atomic E-state index is 0.0527. The molecule has 0 aliphatic carbocycles. The summed E-state index contributed by atoms with van der Waals surface area (Å²) in [4.78, 5) is 16.2. The van der Waals surface area contributed by atoms with Crippen LogP contribution in [0, 0.1) is 0 Å². The van der Waals surface area contributed by atoms with Crippen molar-refractivity contribution < 1.29 is 27.4 Å². The highest BCUT2D eigenvalue weighted by atomic mass is 19.4. The highest BCUT2D eigenvalue weighted by Gasteiger charge is 2.41. The third-order valence-corrected chi connectivity index (χ3v) is 4.94. The average molecular weight is 392 g/mol. The van der Waals surface area contributed by atoms with Gasteiger partial charge in [-0.15, -0.1) is 0 Å². The van der Waals surface area contributed by atoms with Gasteiger partial charge in [-0.1, -0.05) is 24.3 Å². The molecule has 0 radical (unpaired) electrons. The van der Waals surface area contributed by atoms with E-state index in [1.807, 2.05) is 24.3 Å². The zero-order valence-corrected chi connectivity index (χ0v) is 14.9. The molecule has 148 valence electrons. The molecule has 2 aliphatic heterocycles. The molecule has 1 aromatic carbocycles. The Morgan fingerprint density at radius 3 is 2.57 bits per heavy atom. The molecule has 3 heterocycles. The molecule has 0 amide bonds. The van der Waals surface area contributed by atoms with Crippen molar-refractivity contribution in [1.82, 2.24) is 10.3 Å². The third-order valence-electron chi connectivity index (χ3n) is 4.94. The van der Waals surface area contributed by atoms with E-state index in [9.17, 15) is 18.0 Å². The zero-order valence-electron chi connectivity index (χ0n) is 14.9. The second-order valence-electron chi connectivity index (χ2n) is 7.06. The number of nitrogens with zero attached hydrogens (tertiary/aromatic N) is 1. The van der Waals surface area contributed by atoms with Crippen molar-refractivity contribution in [1.29, 1.82) is 0 Å². The first-order chi connectivity index (χ1) is 13.4. The number of morpholine rings is 1. The molecule has 3 atom stereocenters. The molecule has 2 fully saturated rings. The van der Waals surface area contributed by atoms with Gasteiger partial charge in [0, 0.05) is 36.8 Å². The van der Waals surface area contributed by atoms with Crippen LogP contribution >= 0.6 is 0 Å². The van der Waals surface area contributed by atoms with Gasteiger partial charge in [-0.3, -0.25) is 4.79 Å². The maximum absolute atomic E-state index is 12.4. The van der Waals surface area contributed by atoms with Gasteiger partial charge in [-0.05, 0) is 23.6 Å². The number of nitrogens with one attached hydrogen (secondary N) is 1. The minimum atomic E-state index is -4.43. The van der Waals surface area contributed by atoms with Crippen molar-refractivity contribution in [3.05, 3.63) is 59.3 Å². The van der Waals surface area contributed by atoms with Gasteiger partial charge in [0.05, 0.1) is 12.2 Å². The minimum Gasteiger partial charge on any atom is -0.468 e. The van der Waals surface area contributed by atoms with Crippen LogP contribution in [0.25, 0.3) is 0 Å². The van der Waals surface area contributed by atoms with E-state index in [4.69, 9.17) is 4.74 Å². The number of hydrogen-bond acceptors (Lipinski definition) is 5. The number of halogens is 3. The van der Waals surface area contributed by atoms with E-state index >= 15 is 0 Å². The summed E-state index contributed by atoms with van der Waals surface area (Å²) in [5.41, 5.74) is 2.26. The number of rotatable bonds is 6. The monoisotopic (exact) mass is 392 g/mol. The number of alkyl halides is 3. The number of ketones is 1. The lowest BCUT2D eigenvalue weighted by Crippen LogP contribution is -2.33. The van der Waals surface area contributed by atoms with E-state index in [1.165, 1.54) is 18.3 Å². The Bertz CT molecular complexity index is 837. The molecule has 0 saturated carbocycles. The average Bonchev–Trinajstić information content (AvgIpc) is 3.30. The van der Waals surface area contributed by atoms with E-state index in [2.05, 4.69) is 15.0 Å². The summed E-state index contributed by atoms with van der Waals surface area (Å²) in [7, 11) is 0. The molecule has 0 spiro atoms. The van der Waals surface area contributed by atoms with Crippen LogP contribution in [-0.2, 0) is 11.2 Å². The quantitative estimate of drug-likeness (QED) is 0.765. The first-order valence-electron chi connectivity index (χ1n) is 9.04. The fourth-order valence-corrected chi connectivity index (χ4v) is 3.58. The number of pyridine rings is 1. The van der Waals surface area contributed by atoms with Crippen molar-refractivity contribution in [2.75, 3.05) is 13.2 Å². The van der Waals surface area contributed by atoms with E-state index in [-0.39, 0.29) is 30.3 Å². The summed E-state index contributed by atoms with van der Waals surface area (Å²) in [5.74, 6) is -0.335. The second-order valence-corrected chi connectivity index (χ2v) is 7.06. The number of fused-ring (bicyclic) bond motifs is 2. The molecular weight excluding hydrogens is 373 g/mol.